The number of benzene rings is 3. The first-order valence-corrected chi connectivity index (χ1v) is 24.2. The second kappa shape index (κ2) is 19.6. The van der Waals surface area contributed by atoms with E-state index in [0.717, 1.165) is 24.1 Å². The lowest BCUT2D eigenvalue weighted by Crippen LogP contribution is -2.59. The van der Waals surface area contributed by atoms with Crippen molar-refractivity contribution in [2.24, 2.45) is 29.6 Å². The van der Waals surface area contributed by atoms with Crippen molar-refractivity contribution in [1.29, 1.82) is 0 Å². The number of aromatic nitrogens is 1. The quantitative estimate of drug-likeness (QED) is 0.0546. The van der Waals surface area contributed by atoms with Gasteiger partial charge in [-0.3, -0.25) is 19.2 Å². The van der Waals surface area contributed by atoms with E-state index in [2.05, 4.69) is 26.1 Å². The predicted molar refractivity (Wildman–Crippen MR) is 264 cm³/mol. The molecule has 4 aromatic rings. The van der Waals surface area contributed by atoms with Crippen LogP contribution < -0.4 is 20.2 Å². The first-order valence-electron chi connectivity index (χ1n) is 24.2. The van der Waals surface area contributed by atoms with Gasteiger partial charge in [0, 0.05) is 68.2 Å². The molecule has 1 amide bonds. The van der Waals surface area contributed by atoms with Crippen molar-refractivity contribution in [3.63, 3.8) is 0 Å². The summed E-state index contributed by atoms with van der Waals surface area (Å²) in [6, 6.07) is 5.19. The van der Waals surface area contributed by atoms with Crippen LogP contribution in [0.2, 0.25) is 0 Å². The molecule has 1 aromatic heterocycles. The molecule has 0 radical (unpaired) electrons. The lowest BCUT2D eigenvalue weighted by molar-refractivity contribution is -0.960. The van der Waals surface area contributed by atoms with Crippen molar-refractivity contribution in [2.45, 2.75) is 126 Å². The number of phenols is 1. The van der Waals surface area contributed by atoms with Gasteiger partial charge in [-0.15, -0.1) is 0 Å². The molecule has 1 fully saturated rings. The Hall–Kier alpha value is -5.77. The van der Waals surface area contributed by atoms with E-state index in [1.807, 2.05) is 34.6 Å². The second-order valence-electron chi connectivity index (χ2n) is 20.8. The van der Waals surface area contributed by atoms with Gasteiger partial charge in [-0.25, -0.2) is 4.98 Å². The van der Waals surface area contributed by atoms with E-state index in [1.165, 1.54) is 47.0 Å². The molecule has 4 heterocycles. The molecule has 15 nitrogen and oxygen atoms in total. The van der Waals surface area contributed by atoms with Crippen molar-refractivity contribution >= 4 is 56.3 Å². The molecule has 1 saturated heterocycles. The van der Waals surface area contributed by atoms with Crippen molar-refractivity contribution in [3.05, 3.63) is 75.7 Å². The van der Waals surface area contributed by atoms with Crippen LogP contribution in [0, 0.1) is 36.5 Å². The van der Waals surface area contributed by atoms with Crippen LogP contribution >= 0.6 is 0 Å². The summed E-state index contributed by atoms with van der Waals surface area (Å²) in [5.74, 6) is -5.38. The molecule has 3 N–H and O–H groups in total. The number of hydrogen-bond donors (Lipinski definition) is 3. The highest BCUT2D eigenvalue weighted by molar-refractivity contribution is 6.26. The molecule has 9 atom stereocenters. The zero-order valence-corrected chi connectivity index (χ0v) is 42.4. The Kier molecular flexibility index (Phi) is 14.5. The Balaban J connectivity index is 1.39. The number of aliphatic hydroxyl groups excluding tert-OH is 1. The highest BCUT2D eigenvalue weighted by Gasteiger charge is 2.50. The fourth-order valence-corrected chi connectivity index (χ4v) is 10.6. The summed E-state index contributed by atoms with van der Waals surface area (Å²) < 4.78 is 38.2. The number of fused-ring (bicyclic) bond motifs is 2. The van der Waals surface area contributed by atoms with Crippen LogP contribution in [0.25, 0.3) is 33.0 Å². The first kappa shape index (κ1) is 51.1. The number of hydrogen-bond acceptors (Lipinski definition) is 13. The fourth-order valence-electron chi connectivity index (χ4n) is 10.6. The lowest BCUT2D eigenvalue weighted by Gasteiger charge is -2.45. The summed E-state index contributed by atoms with van der Waals surface area (Å²) in [4.78, 5) is 60.9. The van der Waals surface area contributed by atoms with Gasteiger partial charge >= 0.3 is 11.8 Å². The van der Waals surface area contributed by atoms with E-state index in [1.54, 1.807) is 49.4 Å². The van der Waals surface area contributed by atoms with Crippen molar-refractivity contribution < 1.29 is 57.2 Å². The third-order valence-electron chi connectivity index (χ3n) is 15.5. The smallest absolute Gasteiger partial charge is 0.312 e. The highest BCUT2D eigenvalue weighted by atomic mass is 16.7. The molecule has 372 valence electrons. The number of esters is 1. The molecule has 3 aromatic carbocycles. The number of ketones is 1. The number of anilines is 1. The van der Waals surface area contributed by atoms with Gasteiger partial charge in [0.05, 0.1) is 48.0 Å². The maximum atomic E-state index is 14.8. The number of likely N-dealkylation sites (tertiary alicyclic amines) is 1. The summed E-state index contributed by atoms with van der Waals surface area (Å²) in [5, 5.41) is 26.3. The average molecular weight is 953 g/mol. The summed E-state index contributed by atoms with van der Waals surface area (Å²) in [7, 11) is 1.51. The summed E-state index contributed by atoms with van der Waals surface area (Å²) in [6.07, 6.45) is 8.15. The van der Waals surface area contributed by atoms with Gasteiger partial charge in [0.2, 0.25) is 0 Å². The van der Waals surface area contributed by atoms with E-state index >= 15 is 0 Å². The number of phenolic OH excluding ortho intramolecular Hbond substituents is 1. The van der Waals surface area contributed by atoms with Gasteiger partial charge in [0.1, 0.15) is 47.5 Å². The van der Waals surface area contributed by atoms with Crippen LogP contribution in [0.3, 0.4) is 0 Å². The van der Waals surface area contributed by atoms with E-state index in [0.29, 0.717) is 17.9 Å². The molecule has 0 saturated carbocycles. The van der Waals surface area contributed by atoms with Gasteiger partial charge < -0.3 is 48.1 Å². The van der Waals surface area contributed by atoms with E-state index in [-0.39, 0.29) is 84.8 Å². The fraction of sp³-hybridized carbons (Fsp3) is 0.537. The molecule has 0 unspecified atom stereocenters. The number of methoxy groups -OCH3 is 1. The molecule has 3 aliphatic rings. The van der Waals surface area contributed by atoms with Gasteiger partial charge in [-0.1, -0.05) is 52.8 Å². The Morgan fingerprint density at radius 2 is 1.68 bits per heavy atom. The molecular weight excluding hydrogens is 883 g/mol. The maximum absolute atomic E-state index is 14.8. The number of amides is 1. The third-order valence-corrected chi connectivity index (χ3v) is 15.5. The normalized spacial score (nSPS) is 29.6. The van der Waals surface area contributed by atoms with Crippen LogP contribution in [0.1, 0.15) is 105 Å². The summed E-state index contributed by atoms with van der Waals surface area (Å²) in [5.41, 5.74) is -0.140. The predicted octanol–water partition coefficient (Wildman–Crippen LogP) is 9.06. The zero-order valence-electron chi connectivity index (χ0n) is 42.4. The summed E-state index contributed by atoms with van der Waals surface area (Å²) >= 11 is 0. The summed E-state index contributed by atoms with van der Waals surface area (Å²) in [6.45, 7) is 25.8. The number of carbonyl (C=O) groups is 3. The molecular formula is C54H70N3O12+. The standard InChI is InChI=1S/C54H69N3O12/c1-28-17-16-18-29(2)52(63)56-44-47(61)41-40(43-50(44)68-39-27-36(19-20-37(39)55-43)65-26-24-57(53(9,10)11)22-14-15-23-57)42-49(34(7)46(41)60)69-54(12,51(42)62)66-25-21-38(64-13)33(6)48(67-35(8)58)32(5)30(3)31(4)45(28)59/h16-21,25,27-28,30-33,38,45,48,59H,14-15,22-24,26H2,1-13H3,(H-,55,56,60,61,62,63)/p+1/b17-16+,25-21+,29-18-/t28-,30+,31-,32+,33+,38-,45-,48-,54-/m0/s1. The number of nitrogens with one attached hydrogen (secondary N) is 1. The number of quaternary nitrogens is 1. The molecule has 7 rings (SSSR count). The van der Waals surface area contributed by atoms with Gasteiger partial charge in [0.25, 0.3) is 11.7 Å². The number of allylic oxidation sites excluding steroid dienone is 2. The third kappa shape index (κ3) is 9.49. The second-order valence-corrected chi connectivity index (χ2v) is 20.8. The number of rotatable bonds is 6. The van der Waals surface area contributed by atoms with Gasteiger partial charge in [-0.05, 0) is 70.6 Å². The van der Waals surface area contributed by atoms with Crippen LogP contribution in [0.15, 0.2) is 63.6 Å². The van der Waals surface area contributed by atoms with Gasteiger partial charge in [0.15, 0.2) is 22.3 Å². The molecule has 69 heavy (non-hydrogen) atoms. The maximum Gasteiger partial charge on any atom is 0.312 e. The monoisotopic (exact) mass is 952 g/mol. The topological polar surface area (TPSA) is 193 Å². The molecule has 3 aliphatic heterocycles. The zero-order chi connectivity index (χ0) is 50.5. The number of aliphatic hydroxyl groups is 1. The number of carbonyl (C=O) groups excluding carboxylic acids is 3. The SMILES string of the molecule is CO[C@H]1/C=C/O[C@@]2(C)Oc3c(C)c(=O)c4c(O)c(c5oc6cc(OCC[N+]7(C(C)(C)C)CCCC7)ccc6nc5c4c3C2=O)NC(=O)/C(C)=C\C=C\[C@H](C)[C@H](O)[C@@H](C)[C@@H](C)[C@@H](C)[C@H](OC(C)=O)[C@@H]1C. The number of Topliss-reactive ketones (excluding diaryl/α,β-unsaturated/α-hetero) is 1. The Labute approximate surface area is 404 Å². The Bertz CT molecular complexity index is 2810. The number of ether oxygens (including phenoxy) is 5. The van der Waals surface area contributed by atoms with Crippen LogP contribution in [-0.4, -0.2) is 100 Å². The van der Waals surface area contributed by atoms with E-state index < -0.39 is 58.9 Å². The minimum Gasteiger partial charge on any atom is -0.505 e. The average Bonchev–Trinajstić information content (AvgIpc) is 3.90. The van der Waals surface area contributed by atoms with E-state index in [9.17, 15) is 29.4 Å². The van der Waals surface area contributed by atoms with Crippen molar-refractivity contribution in [3.8, 4) is 17.2 Å². The van der Waals surface area contributed by atoms with Crippen LogP contribution in [-0.2, 0) is 23.8 Å². The first-order chi connectivity index (χ1) is 32.4. The lowest BCUT2D eigenvalue weighted by atomic mass is 9.73. The molecule has 4 bridgehead atoms. The highest BCUT2D eigenvalue weighted by Crippen LogP contribution is 2.49. The number of nitrogens with zero attached hydrogens (tertiary/aromatic N) is 2. The minimum absolute atomic E-state index is 0.0102. The van der Waals surface area contributed by atoms with Crippen molar-refractivity contribution in [2.75, 3.05) is 38.7 Å². The van der Waals surface area contributed by atoms with E-state index in [4.69, 9.17) is 33.1 Å². The largest absolute Gasteiger partial charge is 0.505 e. The molecule has 15 heteroatoms. The molecule has 0 aliphatic carbocycles. The van der Waals surface area contributed by atoms with Crippen molar-refractivity contribution in [1.82, 2.24) is 4.98 Å². The van der Waals surface area contributed by atoms with Crippen LogP contribution in [0.5, 0.6) is 17.2 Å². The Morgan fingerprint density at radius 3 is 2.33 bits per heavy atom. The van der Waals surface area contributed by atoms with Gasteiger partial charge in [-0.2, -0.15) is 0 Å². The molecule has 0 spiro atoms. The Morgan fingerprint density at radius 1 is 0.986 bits per heavy atom. The number of aromatic hydroxyl groups is 1. The van der Waals surface area contributed by atoms with Crippen LogP contribution in [0.4, 0.5) is 5.69 Å². The minimum atomic E-state index is -2.01.